The molecule has 0 aromatic heterocycles. The highest BCUT2D eigenvalue weighted by Gasteiger charge is 2.41. The van der Waals surface area contributed by atoms with Crippen molar-refractivity contribution in [3.8, 4) is 0 Å². The number of alkyl halides is 2. The fourth-order valence-corrected chi connectivity index (χ4v) is 3.52. The monoisotopic (exact) mass is 465 g/mol. The third kappa shape index (κ3) is 4.08. The molecule has 2 heterocycles. The number of hydrogen-bond acceptors (Lipinski definition) is 4. The minimum absolute atomic E-state index is 0.0419. The molecule has 7 nitrogen and oxygen atoms in total. The Morgan fingerprint density at radius 3 is 2.69 bits per heavy atom. The number of hydrogen-bond donors (Lipinski definition) is 2. The molecule has 4 amide bonds. The number of nitrogens with one attached hydrogen (secondary N) is 2. The van der Waals surface area contributed by atoms with Gasteiger partial charge in [-0.1, -0.05) is 35.9 Å². The van der Waals surface area contributed by atoms with Gasteiger partial charge < -0.3 is 10.2 Å². The molecule has 0 radical (unpaired) electrons. The zero-order valence-corrected chi connectivity index (χ0v) is 17.1. The Morgan fingerprint density at radius 1 is 1.28 bits per heavy atom. The van der Waals surface area contributed by atoms with Crippen LogP contribution in [0.2, 0.25) is 6.43 Å². The van der Waals surface area contributed by atoms with Gasteiger partial charge in [0.1, 0.15) is 6.02 Å². The van der Waals surface area contributed by atoms with Crippen LogP contribution in [-0.4, -0.2) is 34.5 Å². The summed E-state index contributed by atoms with van der Waals surface area (Å²) in [5, 5.41) is 2.16. The summed E-state index contributed by atoms with van der Waals surface area (Å²) in [7, 11) is 0. The smallest absolute Gasteiger partial charge is 0.346 e. The van der Waals surface area contributed by atoms with Crippen LogP contribution in [0.1, 0.15) is 44.0 Å². The van der Waals surface area contributed by atoms with Crippen LogP contribution < -0.4 is 10.6 Å². The molecule has 2 aromatic carbocycles. The van der Waals surface area contributed by atoms with Gasteiger partial charge in [0, 0.05) is 38.4 Å². The number of amides is 4. The Bertz CT molecular complexity index is 1290. The van der Waals surface area contributed by atoms with Gasteiger partial charge in [-0.15, -0.1) is 0 Å². The number of fused-ring (bicyclic) bond motifs is 1. The van der Waals surface area contributed by atoms with E-state index in [1.807, 2.05) is 5.32 Å². The lowest BCUT2D eigenvalue weighted by molar-refractivity contribution is -0.147. The Labute approximate surface area is 192 Å². The molecule has 2 aliphatic heterocycles. The van der Waals surface area contributed by atoms with E-state index in [4.69, 9.17) is 17.1 Å². The van der Waals surface area contributed by atoms with E-state index in [9.17, 15) is 28.0 Å². The number of halogens is 3. The van der Waals surface area contributed by atoms with Gasteiger partial charge >= 0.3 is 5.92 Å². The molecule has 0 bridgehead atoms. The van der Waals surface area contributed by atoms with Crippen LogP contribution in [0.25, 0.3) is 0 Å². The fourth-order valence-electron chi connectivity index (χ4n) is 3.39. The molecule has 166 valence electrons. The molecule has 1 saturated heterocycles. The maximum Gasteiger partial charge on any atom is 0.349 e. The van der Waals surface area contributed by atoms with Crippen LogP contribution in [0.15, 0.2) is 42.5 Å². The first-order valence-electron chi connectivity index (χ1n) is 11.4. The Balaban J connectivity index is 1.55. The van der Waals surface area contributed by atoms with Crippen molar-refractivity contribution in [2.45, 2.75) is 37.8 Å². The van der Waals surface area contributed by atoms with Crippen molar-refractivity contribution in [3.05, 3.63) is 69.7 Å². The molecule has 32 heavy (non-hydrogen) atoms. The molecule has 2 N–H and O–H groups in total. The van der Waals surface area contributed by atoms with Gasteiger partial charge in [0.15, 0.2) is 1.41 Å². The molecule has 2 aromatic rings. The molecule has 0 unspecified atom stereocenters. The molecule has 0 aliphatic carbocycles. The van der Waals surface area contributed by atoms with Crippen LogP contribution >= 0.6 is 11.6 Å². The van der Waals surface area contributed by atoms with Crippen molar-refractivity contribution in [2.24, 2.45) is 0 Å². The molecule has 4 rings (SSSR count). The summed E-state index contributed by atoms with van der Waals surface area (Å²) in [5.74, 6) is -8.80. The lowest BCUT2D eigenvalue weighted by Gasteiger charge is -2.29. The van der Waals surface area contributed by atoms with E-state index in [1.54, 1.807) is 0 Å². The van der Waals surface area contributed by atoms with Gasteiger partial charge in [0.2, 0.25) is 11.8 Å². The lowest BCUT2D eigenvalue weighted by Crippen LogP contribution is -2.52. The van der Waals surface area contributed by atoms with E-state index in [0.29, 0.717) is 4.90 Å². The van der Waals surface area contributed by atoms with Gasteiger partial charge in [0.05, 0.1) is 1.37 Å². The predicted octanol–water partition coefficient (Wildman–Crippen LogP) is 2.51. The van der Waals surface area contributed by atoms with E-state index in [0.717, 1.165) is 12.1 Å². The average Bonchev–Trinajstić information content (AvgIpc) is 3.12. The molecular weight excluding hydrogens is 444 g/mol. The maximum absolute atomic E-state index is 14.6. The zero-order chi connectivity index (χ0) is 26.6. The van der Waals surface area contributed by atoms with Crippen LogP contribution in [0.3, 0.4) is 0 Å². The first kappa shape index (κ1) is 17.3. The maximum atomic E-state index is 14.6. The quantitative estimate of drug-likeness (QED) is 0.663. The minimum Gasteiger partial charge on any atom is -0.346 e. The molecule has 10 heteroatoms. The second kappa shape index (κ2) is 8.31. The highest BCUT2D eigenvalue weighted by atomic mass is 35.5. The van der Waals surface area contributed by atoms with Crippen LogP contribution in [0.4, 0.5) is 8.78 Å². The van der Waals surface area contributed by atoms with Gasteiger partial charge in [-0.25, -0.2) is 0 Å². The van der Waals surface area contributed by atoms with Crippen molar-refractivity contribution in [3.63, 3.8) is 0 Å². The predicted molar refractivity (Wildman–Crippen MR) is 110 cm³/mol. The average molecular weight is 466 g/mol. The Kier molecular flexibility index (Phi) is 4.48. The van der Waals surface area contributed by atoms with E-state index in [-0.39, 0.29) is 33.6 Å². The highest BCUT2D eigenvalue weighted by Crippen LogP contribution is 2.30. The molecule has 2 aliphatic rings. The number of piperidine rings is 1. The van der Waals surface area contributed by atoms with Crippen LogP contribution in [0.5, 0.6) is 0 Å². The summed E-state index contributed by atoms with van der Waals surface area (Å²) in [6, 6.07) is 5.59. The first-order valence-corrected chi connectivity index (χ1v) is 9.79. The Morgan fingerprint density at radius 2 is 2.00 bits per heavy atom. The summed E-state index contributed by atoms with van der Waals surface area (Å²) in [6.07, 6.45) is -3.48. The summed E-state index contributed by atoms with van der Waals surface area (Å²) in [4.78, 5) is 50.0. The Hall–Kier alpha value is -3.33. The van der Waals surface area contributed by atoms with Gasteiger partial charge in [-0.3, -0.25) is 24.5 Å². The number of imide groups is 1. The number of carbonyl (C=O) groups excluding carboxylic acids is 4. The SMILES string of the molecule is [2H]N(Cc1ccc2c(c1)CN([C@@]1([2H])C(=O)NC(=O)CC1([2H])[2H])C2=O)C(=O)C(F)(F)c1ccc(Cl)cc1. The minimum atomic E-state index is -4.00. The number of nitrogens with zero attached hydrogens (tertiary/aromatic N) is 1. The molecule has 0 spiro atoms. The second-order valence-electron chi connectivity index (χ2n) is 7.16. The van der Waals surface area contributed by atoms with Gasteiger partial charge in [-0.2, -0.15) is 8.78 Å². The van der Waals surface area contributed by atoms with Gasteiger partial charge in [-0.05, 0) is 35.7 Å². The molecule has 1 atom stereocenters. The van der Waals surface area contributed by atoms with Crippen molar-refractivity contribution in [2.75, 3.05) is 0 Å². The van der Waals surface area contributed by atoms with Crippen LogP contribution in [0, 0.1) is 0 Å². The second-order valence-corrected chi connectivity index (χ2v) is 7.60. The largest absolute Gasteiger partial charge is 0.349 e. The van der Waals surface area contributed by atoms with Crippen molar-refractivity contribution >= 4 is 35.2 Å². The van der Waals surface area contributed by atoms with E-state index >= 15 is 0 Å². The molecule has 1 fully saturated rings. The van der Waals surface area contributed by atoms with Gasteiger partial charge in [0.25, 0.3) is 11.8 Å². The summed E-state index contributed by atoms with van der Waals surface area (Å²) in [5.41, 5.74) is -0.136. The van der Waals surface area contributed by atoms with Crippen LogP contribution in [-0.2, 0) is 33.4 Å². The summed E-state index contributed by atoms with van der Waals surface area (Å²) in [6.45, 7) is -0.940. The number of benzene rings is 2. The highest BCUT2D eigenvalue weighted by molar-refractivity contribution is 6.30. The summed E-state index contributed by atoms with van der Waals surface area (Å²) >= 11 is 5.69. The van der Waals surface area contributed by atoms with E-state index in [1.165, 1.54) is 30.3 Å². The van der Waals surface area contributed by atoms with E-state index < -0.39 is 60.5 Å². The fraction of sp³-hybridized carbons (Fsp3) is 0.273. The standard InChI is InChI=1S/C22H18ClF2N3O4/c23-15-4-2-14(3-5-15)22(24,25)21(32)26-10-12-1-6-16-13(9-12)11-28(20(16)31)17-7-8-18(29)27-19(17)30/h1-6,9,17H,7-8,10-11H2,(H,26,32)(H,27,29,30)/t17-/m1/s1/i7D2,17D/hD. The molecule has 0 saturated carbocycles. The number of rotatable bonds is 5. The van der Waals surface area contributed by atoms with Crippen molar-refractivity contribution in [1.29, 1.82) is 0 Å². The normalized spacial score (nSPS) is 24.1. The molecular formula is C22H18ClF2N3O4. The third-order valence-corrected chi connectivity index (χ3v) is 5.26. The van der Waals surface area contributed by atoms with Crippen molar-refractivity contribution in [1.82, 2.24) is 15.5 Å². The lowest BCUT2D eigenvalue weighted by atomic mass is 10.0. The summed E-state index contributed by atoms with van der Waals surface area (Å²) < 4.78 is 61.8. The zero-order valence-electron chi connectivity index (χ0n) is 20.3. The third-order valence-electron chi connectivity index (χ3n) is 5.01. The first-order chi connectivity index (χ1) is 16.7. The topological polar surface area (TPSA) is 95.6 Å². The number of carbonyl (C=O) groups is 4. The van der Waals surface area contributed by atoms with E-state index in [2.05, 4.69) is 0 Å². The van der Waals surface area contributed by atoms with Crippen molar-refractivity contribution < 1.29 is 33.5 Å².